The molecule has 1 atom stereocenters. The highest BCUT2D eigenvalue weighted by Crippen LogP contribution is 2.03. The Hall–Kier alpha value is -0.610. The van der Waals surface area contributed by atoms with Gasteiger partial charge in [-0.3, -0.25) is 4.79 Å². The van der Waals surface area contributed by atoms with Gasteiger partial charge in [0.1, 0.15) is 6.04 Å². The molecule has 1 unspecified atom stereocenters. The number of rotatable bonds is 10. The van der Waals surface area contributed by atoms with Crippen LogP contribution in [0.15, 0.2) is 0 Å². The summed E-state index contributed by atoms with van der Waals surface area (Å²) in [7, 11) is 0. The second kappa shape index (κ2) is 9.60. The van der Waals surface area contributed by atoms with Gasteiger partial charge >= 0.3 is 5.97 Å². The normalized spacial score (nSPS) is 13.0. The second-order valence-electron chi connectivity index (χ2n) is 4.28. The van der Waals surface area contributed by atoms with Gasteiger partial charge in [-0.05, 0) is 45.3 Å². The molecule has 0 amide bonds. The lowest BCUT2D eigenvalue weighted by Gasteiger charge is -2.20. The molecule has 16 heavy (non-hydrogen) atoms. The van der Waals surface area contributed by atoms with Gasteiger partial charge in [0, 0.05) is 0 Å². The maximum absolute atomic E-state index is 10.5. The number of hydrogen-bond acceptors (Lipinski definition) is 3. The summed E-state index contributed by atoms with van der Waals surface area (Å²) in [5.74, 6) is -0.890. The van der Waals surface area contributed by atoms with Gasteiger partial charge in [-0.25, -0.2) is 0 Å². The fourth-order valence-corrected chi connectivity index (χ4v) is 1.79. The van der Waals surface area contributed by atoms with Crippen LogP contribution < -0.4 is 5.73 Å². The Morgan fingerprint density at radius 3 is 2.19 bits per heavy atom. The number of hydrogen-bond donors (Lipinski definition) is 2. The quantitative estimate of drug-likeness (QED) is 0.560. The molecule has 0 aliphatic carbocycles. The van der Waals surface area contributed by atoms with Crippen LogP contribution >= 0.6 is 0 Å². The average Bonchev–Trinajstić information content (AvgIpc) is 2.24. The van der Waals surface area contributed by atoms with Crippen LogP contribution in [0.4, 0.5) is 0 Å². The largest absolute Gasteiger partial charge is 0.480 e. The molecule has 0 saturated carbocycles. The summed E-state index contributed by atoms with van der Waals surface area (Å²) >= 11 is 0. The molecule has 0 heterocycles. The van der Waals surface area contributed by atoms with Crippen molar-refractivity contribution in [3.63, 3.8) is 0 Å². The van der Waals surface area contributed by atoms with Gasteiger partial charge in [-0.1, -0.05) is 20.3 Å². The molecule has 0 aliphatic heterocycles. The Kier molecular flexibility index (Phi) is 9.24. The zero-order chi connectivity index (χ0) is 12.4. The predicted molar refractivity (Wildman–Crippen MR) is 66.5 cm³/mol. The van der Waals surface area contributed by atoms with E-state index in [0.29, 0.717) is 6.42 Å². The molecule has 96 valence electrons. The first-order chi connectivity index (χ1) is 7.61. The van der Waals surface area contributed by atoms with E-state index in [2.05, 4.69) is 18.7 Å². The first kappa shape index (κ1) is 15.4. The van der Waals surface area contributed by atoms with Gasteiger partial charge in [0.2, 0.25) is 0 Å². The van der Waals surface area contributed by atoms with Crippen LogP contribution in [0.3, 0.4) is 0 Å². The molecule has 0 saturated heterocycles. The SMILES string of the molecule is CCCN(CCC)CCCCC(N)C(=O)O. The highest BCUT2D eigenvalue weighted by Gasteiger charge is 2.10. The van der Waals surface area contributed by atoms with Crippen LogP contribution in [0.2, 0.25) is 0 Å². The van der Waals surface area contributed by atoms with Crippen LogP contribution in [0.5, 0.6) is 0 Å². The molecule has 4 heteroatoms. The monoisotopic (exact) mass is 230 g/mol. The Labute approximate surface area is 98.8 Å². The highest BCUT2D eigenvalue weighted by molar-refractivity contribution is 5.72. The minimum Gasteiger partial charge on any atom is -0.480 e. The topological polar surface area (TPSA) is 66.6 Å². The predicted octanol–water partition coefficient (Wildman–Crippen LogP) is 1.69. The third kappa shape index (κ3) is 7.65. The van der Waals surface area contributed by atoms with E-state index >= 15 is 0 Å². The van der Waals surface area contributed by atoms with E-state index in [0.717, 1.165) is 32.5 Å². The van der Waals surface area contributed by atoms with Crippen LogP contribution in [0.1, 0.15) is 46.0 Å². The number of nitrogens with two attached hydrogens (primary N) is 1. The smallest absolute Gasteiger partial charge is 0.320 e. The van der Waals surface area contributed by atoms with Crippen molar-refractivity contribution in [1.82, 2.24) is 4.90 Å². The highest BCUT2D eigenvalue weighted by atomic mass is 16.4. The molecular weight excluding hydrogens is 204 g/mol. The Morgan fingerprint density at radius 2 is 1.75 bits per heavy atom. The molecule has 0 bridgehead atoms. The fourth-order valence-electron chi connectivity index (χ4n) is 1.79. The van der Waals surface area contributed by atoms with Crippen LogP contribution in [-0.2, 0) is 4.79 Å². The lowest BCUT2D eigenvalue weighted by molar-refractivity contribution is -0.138. The molecule has 0 rings (SSSR count). The van der Waals surface area contributed by atoms with Crippen molar-refractivity contribution in [1.29, 1.82) is 0 Å². The minimum absolute atomic E-state index is 0.585. The summed E-state index contributed by atoms with van der Waals surface area (Å²) in [5.41, 5.74) is 5.44. The summed E-state index contributed by atoms with van der Waals surface area (Å²) in [4.78, 5) is 12.9. The van der Waals surface area contributed by atoms with E-state index in [1.165, 1.54) is 12.8 Å². The minimum atomic E-state index is -0.890. The van der Waals surface area contributed by atoms with E-state index in [-0.39, 0.29) is 0 Å². The van der Waals surface area contributed by atoms with Gasteiger partial charge in [-0.2, -0.15) is 0 Å². The molecule has 3 N–H and O–H groups in total. The summed E-state index contributed by atoms with van der Waals surface area (Å²) in [5, 5.41) is 8.62. The van der Waals surface area contributed by atoms with Crippen molar-refractivity contribution in [2.45, 2.75) is 52.0 Å². The van der Waals surface area contributed by atoms with E-state index in [4.69, 9.17) is 10.8 Å². The Balaban J connectivity index is 3.57. The zero-order valence-corrected chi connectivity index (χ0v) is 10.6. The standard InChI is InChI=1S/C12H26N2O2/c1-3-8-14(9-4-2)10-6-5-7-11(13)12(15)16/h11H,3-10,13H2,1-2H3,(H,15,16). The maximum atomic E-state index is 10.5. The maximum Gasteiger partial charge on any atom is 0.320 e. The number of carbonyl (C=O) groups is 1. The third-order valence-corrected chi connectivity index (χ3v) is 2.64. The van der Waals surface area contributed by atoms with Gasteiger partial charge in [-0.15, -0.1) is 0 Å². The van der Waals surface area contributed by atoms with Crippen molar-refractivity contribution >= 4 is 5.97 Å². The average molecular weight is 230 g/mol. The van der Waals surface area contributed by atoms with Crippen molar-refractivity contribution in [2.75, 3.05) is 19.6 Å². The number of aliphatic carboxylic acids is 1. The molecule has 0 aromatic heterocycles. The second-order valence-corrected chi connectivity index (χ2v) is 4.28. The number of carboxylic acids is 1. The molecule has 4 nitrogen and oxygen atoms in total. The van der Waals surface area contributed by atoms with E-state index < -0.39 is 12.0 Å². The Bertz CT molecular complexity index is 180. The molecule has 0 radical (unpaired) electrons. The van der Waals surface area contributed by atoms with Crippen molar-refractivity contribution in [3.05, 3.63) is 0 Å². The molecule has 0 aromatic rings. The zero-order valence-electron chi connectivity index (χ0n) is 10.6. The third-order valence-electron chi connectivity index (χ3n) is 2.64. The van der Waals surface area contributed by atoms with Crippen LogP contribution in [0.25, 0.3) is 0 Å². The van der Waals surface area contributed by atoms with Gasteiger partial charge in [0.15, 0.2) is 0 Å². The molecule has 0 fully saturated rings. The van der Waals surface area contributed by atoms with E-state index in [1.807, 2.05) is 0 Å². The van der Waals surface area contributed by atoms with Crippen molar-refractivity contribution < 1.29 is 9.90 Å². The van der Waals surface area contributed by atoms with Crippen molar-refractivity contribution in [2.24, 2.45) is 5.73 Å². The Morgan fingerprint density at radius 1 is 1.19 bits per heavy atom. The number of nitrogens with zero attached hydrogens (tertiary/aromatic N) is 1. The van der Waals surface area contributed by atoms with Gasteiger partial charge < -0.3 is 15.7 Å². The molecule has 0 aliphatic rings. The fraction of sp³-hybridized carbons (Fsp3) is 0.917. The van der Waals surface area contributed by atoms with Gasteiger partial charge in [0.25, 0.3) is 0 Å². The summed E-state index contributed by atoms with van der Waals surface area (Å²) in [6.07, 6.45) is 4.88. The lowest BCUT2D eigenvalue weighted by Crippen LogP contribution is -2.30. The summed E-state index contributed by atoms with van der Waals surface area (Å²) in [6, 6.07) is -0.689. The van der Waals surface area contributed by atoms with Crippen LogP contribution in [0, 0.1) is 0 Å². The van der Waals surface area contributed by atoms with Gasteiger partial charge in [0.05, 0.1) is 0 Å². The van der Waals surface area contributed by atoms with E-state index in [9.17, 15) is 4.79 Å². The van der Waals surface area contributed by atoms with Crippen molar-refractivity contribution in [3.8, 4) is 0 Å². The summed E-state index contributed by atoms with van der Waals surface area (Å²) < 4.78 is 0. The number of carboxylic acid groups (broad SMARTS) is 1. The molecular formula is C12H26N2O2. The molecule has 0 spiro atoms. The van der Waals surface area contributed by atoms with E-state index in [1.54, 1.807) is 0 Å². The summed E-state index contributed by atoms with van der Waals surface area (Å²) in [6.45, 7) is 7.71. The lowest BCUT2D eigenvalue weighted by atomic mass is 10.1. The molecule has 0 aromatic carbocycles. The first-order valence-corrected chi connectivity index (χ1v) is 6.32. The van der Waals surface area contributed by atoms with Crippen LogP contribution in [-0.4, -0.2) is 41.7 Å². The number of unbranched alkanes of at least 4 members (excludes halogenated alkanes) is 1. The first-order valence-electron chi connectivity index (χ1n) is 6.32.